The van der Waals surface area contributed by atoms with E-state index in [1.165, 1.54) is 25.9 Å². The Labute approximate surface area is 91.3 Å². The van der Waals surface area contributed by atoms with Crippen molar-refractivity contribution in [2.45, 2.75) is 18.8 Å². The molecule has 1 aliphatic heterocycles. The zero-order valence-corrected chi connectivity index (χ0v) is 9.10. The van der Waals surface area contributed by atoms with E-state index in [1.54, 1.807) is 0 Å². The van der Waals surface area contributed by atoms with Crippen LogP contribution in [0.3, 0.4) is 0 Å². The molecule has 82 valence electrons. The number of nitrogens with two attached hydrogens (primary N) is 1. The number of rotatable bonds is 4. The number of hydrogen-bond donors (Lipinski definition) is 1. The van der Waals surface area contributed by atoms with Gasteiger partial charge in [-0.3, -0.25) is 4.98 Å². The van der Waals surface area contributed by atoms with Crippen LogP contribution in [0.25, 0.3) is 0 Å². The maximum Gasteiger partial charge on any atom is 0.0459 e. The maximum atomic E-state index is 5.82. The van der Waals surface area contributed by atoms with Gasteiger partial charge in [-0.15, -0.1) is 0 Å². The molecule has 3 nitrogen and oxygen atoms in total. The van der Waals surface area contributed by atoms with Gasteiger partial charge in [0.15, 0.2) is 0 Å². The molecule has 1 saturated heterocycles. The molecular weight excluding hydrogens is 186 g/mol. The van der Waals surface area contributed by atoms with Crippen LogP contribution in [-0.2, 0) is 0 Å². The monoisotopic (exact) mass is 205 g/mol. The molecule has 1 aromatic heterocycles. The molecule has 0 bridgehead atoms. The third-order valence-corrected chi connectivity index (χ3v) is 3.07. The first-order valence-corrected chi connectivity index (χ1v) is 5.73. The Kier molecular flexibility index (Phi) is 3.69. The molecule has 1 aromatic rings. The fraction of sp³-hybridized carbons (Fsp3) is 0.583. The Morgan fingerprint density at radius 3 is 2.73 bits per heavy atom. The van der Waals surface area contributed by atoms with Crippen molar-refractivity contribution in [2.75, 3.05) is 26.2 Å². The van der Waals surface area contributed by atoms with E-state index < -0.39 is 0 Å². The molecule has 0 aliphatic carbocycles. The van der Waals surface area contributed by atoms with Crippen LogP contribution in [0.1, 0.15) is 24.5 Å². The molecule has 1 unspecified atom stereocenters. The Morgan fingerprint density at radius 2 is 2.13 bits per heavy atom. The first-order chi connectivity index (χ1) is 7.40. The molecule has 15 heavy (non-hydrogen) atoms. The number of pyridine rings is 1. The van der Waals surface area contributed by atoms with E-state index >= 15 is 0 Å². The van der Waals surface area contributed by atoms with Crippen LogP contribution in [0.2, 0.25) is 0 Å². The minimum atomic E-state index is 0.393. The molecule has 0 saturated carbocycles. The van der Waals surface area contributed by atoms with Gasteiger partial charge in [0, 0.05) is 30.9 Å². The van der Waals surface area contributed by atoms with Crippen molar-refractivity contribution in [2.24, 2.45) is 5.73 Å². The lowest BCUT2D eigenvalue weighted by atomic mass is 10.0. The summed E-state index contributed by atoms with van der Waals surface area (Å²) < 4.78 is 0. The third kappa shape index (κ3) is 2.76. The lowest BCUT2D eigenvalue weighted by Gasteiger charge is -2.21. The van der Waals surface area contributed by atoms with Crippen molar-refractivity contribution < 1.29 is 0 Å². The fourth-order valence-electron chi connectivity index (χ4n) is 2.18. The van der Waals surface area contributed by atoms with E-state index in [0.717, 1.165) is 12.2 Å². The first-order valence-electron chi connectivity index (χ1n) is 5.73. The van der Waals surface area contributed by atoms with E-state index in [2.05, 4.69) is 16.0 Å². The predicted molar refractivity (Wildman–Crippen MR) is 61.7 cm³/mol. The van der Waals surface area contributed by atoms with Gasteiger partial charge in [0.1, 0.15) is 0 Å². The van der Waals surface area contributed by atoms with Gasteiger partial charge < -0.3 is 10.6 Å². The largest absolute Gasteiger partial charge is 0.330 e. The molecule has 0 amide bonds. The van der Waals surface area contributed by atoms with Gasteiger partial charge in [0.05, 0.1) is 0 Å². The van der Waals surface area contributed by atoms with E-state index in [4.69, 9.17) is 5.73 Å². The predicted octanol–water partition coefficient (Wildman–Crippen LogP) is 1.22. The highest BCUT2D eigenvalue weighted by Crippen LogP contribution is 2.16. The summed E-state index contributed by atoms with van der Waals surface area (Å²) in [5.41, 5.74) is 6.95. The van der Waals surface area contributed by atoms with Crippen LogP contribution in [-0.4, -0.2) is 36.1 Å². The average molecular weight is 205 g/mol. The smallest absolute Gasteiger partial charge is 0.0459 e. The van der Waals surface area contributed by atoms with Crippen LogP contribution in [0.15, 0.2) is 24.4 Å². The van der Waals surface area contributed by atoms with Crippen molar-refractivity contribution in [3.8, 4) is 0 Å². The zero-order chi connectivity index (χ0) is 10.5. The van der Waals surface area contributed by atoms with Gasteiger partial charge in [-0.2, -0.15) is 0 Å². The van der Waals surface area contributed by atoms with Crippen molar-refractivity contribution in [1.29, 1.82) is 0 Å². The minimum absolute atomic E-state index is 0.393. The second-order valence-electron chi connectivity index (χ2n) is 4.19. The van der Waals surface area contributed by atoms with E-state index in [1.807, 2.05) is 18.3 Å². The van der Waals surface area contributed by atoms with Gasteiger partial charge >= 0.3 is 0 Å². The summed E-state index contributed by atoms with van der Waals surface area (Å²) in [5, 5.41) is 0. The average Bonchev–Trinajstić information content (AvgIpc) is 2.80. The summed E-state index contributed by atoms with van der Waals surface area (Å²) in [6.45, 7) is 4.20. The normalized spacial score (nSPS) is 19.3. The highest BCUT2D eigenvalue weighted by molar-refractivity contribution is 5.10. The summed E-state index contributed by atoms with van der Waals surface area (Å²) in [6, 6.07) is 6.06. The lowest BCUT2D eigenvalue weighted by molar-refractivity contribution is 0.313. The van der Waals surface area contributed by atoms with Crippen LogP contribution >= 0.6 is 0 Å². The third-order valence-electron chi connectivity index (χ3n) is 3.07. The minimum Gasteiger partial charge on any atom is -0.330 e. The number of likely N-dealkylation sites (tertiary alicyclic amines) is 1. The fourth-order valence-corrected chi connectivity index (χ4v) is 2.18. The summed E-state index contributed by atoms with van der Waals surface area (Å²) in [6.07, 6.45) is 4.51. The second-order valence-corrected chi connectivity index (χ2v) is 4.19. The maximum absolute atomic E-state index is 5.82. The van der Waals surface area contributed by atoms with Gasteiger partial charge in [0.25, 0.3) is 0 Å². The van der Waals surface area contributed by atoms with Gasteiger partial charge in [-0.05, 0) is 38.1 Å². The summed E-state index contributed by atoms with van der Waals surface area (Å²) in [5.74, 6) is 0.393. The molecule has 2 N–H and O–H groups in total. The Hall–Kier alpha value is -0.930. The summed E-state index contributed by atoms with van der Waals surface area (Å²) in [7, 11) is 0. The molecule has 1 atom stereocenters. The van der Waals surface area contributed by atoms with Crippen LogP contribution < -0.4 is 5.73 Å². The number of nitrogens with zero attached hydrogens (tertiary/aromatic N) is 2. The molecule has 2 rings (SSSR count). The summed E-state index contributed by atoms with van der Waals surface area (Å²) >= 11 is 0. The van der Waals surface area contributed by atoms with Crippen LogP contribution in [0, 0.1) is 0 Å². The first kappa shape index (κ1) is 10.6. The van der Waals surface area contributed by atoms with Crippen molar-refractivity contribution in [3.63, 3.8) is 0 Å². The molecule has 0 radical (unpaired) electrons. The standard InChI is InChI=1S/C12H19N3/c13-9-11(10-15-7-3-4-8-15)12-5-1-2-6-14-12/h1-2,5-6,11H,3-4,7-10,13H2. The quantitative estimate of drug-likeness (QED) is 0.803. The molecule has 0 spiro atoms. The van der Waals surface area contributed by atoms with E-state index in [9.17, 15) is 0 Å². The Balaban J connectivity index is 1.97. The van der Waals surface area contributed by atoms with Gasteiger partial charge in [-0.25, -0.2) is 0 Å². The Bertz CT molecular complexity index is 280. The number of hydrogen-bond acceptors (Lipinski definition) is 3. The second kappa shape index (κ2) is 5.24. The van der Waals surface area contributed by atoms with Crippen LogP contribution in [0.4, 0.5) is 0 Å². The molecule has 3 heteroatoms. The lowest BCUT2D eigenvalue weighted by Crippen LogP contribution is -2.29. The van der Waals surface area contributed by atoms with Crippen molar-refractivity contribution in [3.05, 3.63) is 30.1 Å². The van der Waals surface area contributed by atoms with Gasteiger partial charge in [-0.1, -0.05) is 6.07 Å². The Morgan fingerprint density at radius 1 is 1.33 bits per heavy atom. The highest BCUT2D eigenvalue weighted by Gasteiger charge is 2.18. The van der Waals surface area contributed by atoms with Crippen LogP contribution in [0.5, 0.6) is 0 Å². The molecule has 0 aromatic carbocycles. The molecule has 2 heterocycles. The zero-order valence-electron chi connectivity index (χ0n) is 9.10. The van der Waals surface area contributed by atoms with Gasteiger partial charge in [0.2, 0.25) is 0 Å². The molecule has 1 fully saturated rings. The van der Waals surface area contributed by atoms with Crippen molar-refractivity contribution in [1.82, 2.24) is 9.88 Å². The van der Waals surface area contributed by atoms with E-state index in [0.29, 0.717) is 12.5 Å². The number of aromatic nitrogens is 1. The molecular formula is C12H19N3. The topological polar surface area (TPSA) is 42.1 Å². The highest BCUT2D eigenvalue weighted by atomic mass is 15.1. The summed E-state index contributed by atoms with van der Waals surface area (Å²) in [4.78, 5) is 6.88. The molecule has 1 aliphatic rings. The SMILES string of the molecule is NCC(CN1CCCC1)c1ccccn1. The van der Waals surface area contributed by atoms with E-state index in [-0.39, 0.29) is 0 Å². The van der Waals surface area contributed by atoms with Crippen molar-refractivity contribution >= 4 is 0 Å².